The summed E-state index contributed by atoms with van der Waals surface area (Å²) >= 11 is 0. The van der Waals surface area contributed by atoms with Gasteiger partial charge in [-0.1, -0.05) is 0 Å². The number of likely N-dealkylation sites (N-methyl/N-ethyl adjacent to an activating group) is 1. The quantitative estimate of drug-likeness (QED) is 0.483. The predicted molar refractivity (Wildman–Crippen MR) is 50.1 cm³/mol. The SMILES string of the molecule is CCN1C(=O)OC(C)(C)C1=O.O=CC=O. The van der Waals surface area contributed by atoms with Crippen LogP contribution in [0.2, 0.25) is 0 Å². The minimum Gasteiger partial charge on any atom is -0.433 e. The molecule has 1 heterocycles. The zero-order valence-electron chi connectivity index (χ0n) is 8.85. The third-order valence-corrected chi connectivity index (χ3v) is 1.69. The molecular formula is C9H13NO5. The van der Waals surface area contributed by atoms with Crippen molar-refractivity contribution >= 4 is 24.6 Å². The fourth-order valence-corrected chi connectivity index (χ4v) is 0.998. The van der Waals surface area contributed by atoms with E-state index in [1.807, 2.05) is 0 Å². The van der Waals surface area contributed by atoms with Crippen molar-refractivity contribution in [3.8, 4) is 0 Å². The highest BCUT2D eigenvalue weighted by Crippen LogP contribution is 2.22. The predicted octanol–water partition coefficient (Wildman–Crippen LogP) is 0.148. The van der Waals surface area contributed by atoms with Crippen LogP contribution in [0.25, 0.3) is 0 Å². The monoisotopic (exact) mass is 215 g/mol. The van der Waals surface area contributed by atoms with Gasteiger partial charge in [0.1, 0.15) is 0 Å². The molecule has 0 N–H and O–H groups in total. The van der Waals surface area contributed by atoms with Gasteiger partial charge in [0.15, 0.2) is 18.2 Å². The topological polar surface area (TPSA) is 80.8 Å². The lowest BCUT2D eigenvalue weighted by Gasteiger charge is -2.11. The second-order valence-electron chi connectivity index (χ2n) is 3.20. The maximum absolute atomic E-state index is 11.2. The Balaban J connectivity index is 0.000000423. The average molecular weight is 215 g/mol. The van der Waals surface area contributed by atoms with Crippen molar-refractivity contribution in [3.63, 3.8) is 0 Å². The largest absolute Gasteiger partial charge is 0.433 e. The minimum absolute atomic E-state index is 0.194. The van der Waals surface area contributed by atoms with E-state index in [1.165, 1.54) is 0 Å². The number of nitrogens with zero attached hydrogens (tertiary/aromatic N) is 1. The second kappa shape index (κ2) is 5.23. The molecule has 1 aliphatic heterocycles. The first-order valence-electron chi connectivity index (χ1n) is 4.34. The van der Waals surface area contributed by atoms with Gasteiger partial charge < -0.3 is 4.74 Å². The molecular weight excluding hydrogens is 202 g/mol. The van der Waals surface area contributed by atoms with Gasteiger partial charge in [-0.05, 0) is 20.8 Å². The van der Waals surface area contributed by atoms with Gasteiger partial charge in [0, 0.05) is 6.54 Å². The molecule has 0 aliphatic carbocycles. The van der Waals surface area contributed by atoms with Crippen LogP contribution in [0, 0.1) is 0 Å². The highest BCUT2D eigenvalue weighted by Gasteiger charge is 2.46. The van der Waals surface area contributed by atoms with E-state index in [0.29, 0.717) is 6.54 Å². The maximum atomic E-state index is 11.2. The van der Waals surface area contributed by atoms with Crippen LogP contribution in [0.1, 0.15) is 20.8 Å². The molecule has 0 aromatic carbocycles. The van der Waals surface area contributed by atoms with E-state index in [4.69, 9.17) is 14.3 Å². The molecule has 6 heteroatoms. The number of ether oxygens (including phenoxy) is 1. The van der Waals surface area contributed by atoms with Crippen molar-refractivity contribution in [1.29, 1.82) is 0 Å². The smallest absolute Gasteiger partial charge is 0.417 e. The van der Waals surface area contributed by atoms with Crippen molar-refractivity contribution in [2.45, 2.75) is 26.4 Å². The second-order valence-corrected chi connectivity index (χ2v) is 3.20. The number of carbonyl (C=O) groups is 4. The Morgan fingerprint density at radius 1 is 1.27 bits per heavy atom. The summed E-state index contributed by atoms with van der Waals surface area (Å²) < 4.78 is 4.80. The third-order valence-electron chi connectivity index (χ3n) is 1.69. The summed E-state index contributed by atoms with van der Waals surface area (Å²) in [6.45, 7) is 5.29. The van der Waals surface area contributed by atoms with Crippen molar-refractivity contribution in [2.75, 3.05) is 6.54 Å². The van der Waals surface area contributed by atoms with Crippen LogP contribution < -0.4 is 0 Å². The number of amides is 2. The van der Waals surface area contributed by atoms with Crippen molar-refractivity contribution in [2.24, 2.45) is 0 Å². The van der Waals surface area contributed by atoms with Crippen molar-refractivity contribution in [1.82, 2.24) is 4.90 Å². The summed E-state index contributed by atoms with van der Waals surface area (Å²) in [6, 6.07) is 0. The highest BCUT2D eigenvalue weighted by atomic mass is 16.6. The van der Waals surface area contributed by atoms with Crippen LogP contribution in [-0.2, 0) is 19.1 Å². The van der Waals surface area contributed by atoms with E-state index in [2.05, 4.69) is 0 Å². The molecule has 0 bridgehead atoms. The van der Waals surface area contributed by atoms with E-state index in [0.717, 1.165) is 4.90 Å². The van der Waals surface area contributed by atoms with Gasteiger partial charge in [0.25, 0.3) is 5.91 Å². The lowest BCUT2D eigenvalue weighted by atomic mass is 10.1. The molecule has 84 valence electrons. The van der Waals surface area contributed by atoms with E-state index in [9.17, 15) is 9.59 Å². The summed E-state index contributed by atoms with van der Waals surface area (Å²) in [7, 11) is 0. The standard InChI is InChI=1S/C7H11NO3.C2H2O2/c1-4-8-5(9)7(2,3)11-6(8)10;3-1-2-4/h4H2,1-3H3;1-2H. The Morgan fingerprint density at radius 2 is 1.73 bits per heavy atom. The molecule has 1 fully saturated rings. The summed E-state index contributed by atoms with van der Waals surface area (Å²) in [6.07, 6.45) is -0.150. The zero-order valence-corrected chi connectivity index (χ0v) is 8.85. The van der Waals surface area contributed by atoms with Gasteiger partial charge in [-0.25, -0.2) is 9.69 Å². The number of rotatable bonds is 2. The van der Waals surface area contributed by atoms with Crippen molar-refractivity contribution in [3.05, 3.63) is 0 Å². The number of aldehydes is 2. The molecule has 0 spiro atoms. The molecule has 0 unspecified atom stereocenters. The van der Waals surface area contributed by atoms with Crippen LogP contribution in [0.15, 0.2) is 0 Å². The van der Waals surface area contributed by atoms with E-state index in [1.54, 1.807) is 20.8 Å². The molecule has 0 aromatic heterocycles. The molecule has 0 saturated carbocycles. The fourth-order valence-electron chi connectivity index (χ4n) is 0.998. The number of hydrogen-bond acceptors (Lipinski definition) is 5. The molecule has 2 amide bonds. The Hall–Kier alpha value is -1.72. The van der Waals surface area contributed by atoms with Crippen molar-refractivity contribution < 1.29 is 23.9 Å². The first kappa shape index (κ1) is 13.3. The van der Waals surface area contributed by atoms with E-state index >= 15 is 0 Å². The fraction of sp³-hybridized carbons (Fsp3) is 0.556. The molecule has 15 heavy (non-hydrogen) atoms. The molecule has 0 atom stereocenters. The molecule has 0 radical (unpaired) electrons. The Kier molecular flexibility index (Phi) is 4.63. The molecule has 1 aliphatic rings. The number of imide groups is 1. The van der Waals surface area contributed by atoms with Gasteiger partial charge in [-0.15, -0.1) is 0 Å². The molecule has 0 aromatic rings. The Labute approximate surface area is 87.2 Å². The summed E-state index contributed by atoms with van der Waals surface area (Å²) in [5.74, 6) is -0.259. The molecule has 1 rings (SSSR count). The average Bonchev–Trinajstić information content (AvgIpc) is 2.37. The van der Waals surface area contributed by atoms with Gasteiger partial charge >= 0.3 is 6.09 Å². The van der Waals surface area contributed by atoms with Gasteiger partial charge in [-0.3, -0.25) is 14.4 Å². The van der Waals surface area contributed by atoms with Crippen LogP contribution in [0.5, 0.6) is 0 Å². The number of carbonyl (C=O) groups excluding carboxylic acids is 4. The Bertz CT molecular complexity index is 278. The van der Waals surface area contributed by atoms with Crippen LogP contribution >= 0.6 is 0 Å². The first-order chi connectivity index (χ1) is 6.90. The zero-order chi connectivity index (χ0) is 12.1. The summed E-state index contributed by atoms with van der Waals surface area (Å²) in [5.41, 5.74) is -0.965. The van der Waals surface area contributed by atoms with Gasteiger partial charge in [-0.2, -0.15) is 0 Å². The van der Waals surface area contributed by atoms with Crippen LogP contribution in [0.4, 0.5) is 4.79 Å². The number of hydrogen-bond donors (Lipinski definition) is 0. The normalized spacial score (nSPS) is 17.7. The lowest BCUT2D eigenvalue weighted by molar-refractivity contribution is -0.134. The number of cyclic esters (lactones) is 1. The van der Waals surface area contributed by atoms with E-state index in [-0.39, 0.29) is 18.5 Å². The van der Waals surface area contributed by atoms with E-state index < -0.39 is 11.7 Å². The molecule has 6 nitrogen and oxygen atoms in total. The van der Waals surface area contributed by atoms with Crippen LogP contribution in [0.3, 0.4) is 0 Å². The van der Waals surface area contributed by atoms with Gasteiger partial charge in [0.2, 0.25) is 0 Å². The summed E-state index contributed by atoms with van der Waals surface area (Å²) in [4.78, 5) is 40.9. The Morgan fingerprint density at radius 3 is 1.87 bits per heavy atom. The first-order valence-corrected chi connectivity index (χ1v) is 4.34. The molecule has 1 saturated heterocycles. The van der Waals surface area contributed by atoms with Gasteiger partial charge in [0.05, 0.1) is 0 Å². The minimum atomic E-state index is -0.965. The lowest BCUT2D eigenvalue weighted by Crippen LogP contribution is -2.35. The summed E-state index contributed by atoms with van der Waals surface area (Å²) in [5, 5.41) is 0. The van der Waals surface area contributed by atoms with Crippen LogP contribution in [-0.4, -0.2) is 41.6 Å². The maximum Gasteiger partial charge on any atom is 0.417 e. The highest BCUT2D eigenvalue weighted by molar-refractivity contribution is 6.09. The third kappa shape index (κ3) is 3.16.